The van der Waals surface area contributed by atoms with Gasteiger partial charge in [0.1, 0.15) is 48.0 Å². The number of carbonyl (C=O) groups is 9. The van der Waals surface area contributed by atoms with Gasteiger partial charge in [0.2, 0.25) is 53.2 Å². The van der Waals surface area contributed by atoms with Gasteiger partial charge in [0, 0.05) is 36.3 Å². The number of hydrogen-bond donors (Lipinski definition) is 12. The first-order valence-electron chi connectivity index (χ1n) is 28.7. The van der Waals surface area contributed by atoms with Crippen molar-refractivity contribution in [3.8, 4) is 5.75 Å². The maximum atomic E-state index is 15.1. The van der Waals surface area contributed by atoms with E-state index in [0.717, 1.165) is 51.4 Å². The number of carbonyl (C=O) groups excluding carboxylic acids is 9. The molecule has 0 spiro atoms. The lowest BCUT2D eigenvalue weighted by molar-refractivity contribution is -0.136. The molecule has 1 heterocycles. The summed E-state index contributed by atoms with van der Waals surface area (Å²) in [6, 6.07) is 6.80. The standard InChI is InChI=1S/C57H87N13O10S2/c1-4-80-39-25-23-36(24-26-39)30-42-51(75)67-43(29-35-15-6-5-7-16-35)53(77)70-48(34(2)3)55(79)68-44(31-46(59)71)52(76)69-45(33-81-82-57(32-47(72)64-42,37-17-8-9-18-37)38-19-10-11-20-38)54(78)66-41(22-14-28-63-56(61)62)50(74)65-40(49(60)73)21-12-13-27-58/h5-7,15-16,23-26,34,37-38,40-45,48H,4,8-14,17-22,27-33,58H2,1-3H3,(H2,59,71)(H2,60,73)(H,64,72)(H,65,74)(H,66,78)(H,67,75)(H,68,79)(H,69,76)(H,70,77)(H4,61,62,63)/t40-,41-,42+,43-,44-,45-,48-/m0/s1. The molecule has 2 aromatic carbocycles. The third-order valence-electron chi connectivity index (χ3n) is 15.3. The highest BCUT2D eigenvalue weighted by atomic mass is 33.1. The lowest BCUT2D eigenvalue weighted by atomic mass is 9.76. The molecule has 9 amide bonds. The molecule has 1 aliphatic heterocycles. The molecule has 17 N–H and O–H groups in total. The van der Waals surface area contributed by atoms with Crippen molar-refractivity contribution in [3.63, 3.8) is 0 Å². The Morgan fingerprint density at radius 2 is 1.27 bits per heavy atom. The van der Waals surface area contributed by atoms with E-state index >= 15 is 4.79 Å². The second kappa shape index (κ2) is 33.5. The highest BCUT2D eigenvalue weighted by Crippen LogP contribution is 2.57. The average molecular weight is 1180 g/mol. The fourth-order valence-electron chi connectivity index (χ4n) is 11.0. The Balaban J connectivity index is 1.62. The van der Waals surface area contributed by atoms with Crippen molar-refractivity contribution in [2.45, 2.75) is 177 Å². The molecule has 2 aromatic rings. The molecule has 23 nitrogen and oxygen atoms in total. The van der Waals surface area contributed by atoms with E-state index in [4.69, 9.17) is 33.4 Å². The number of aliphatic imine (C=N–C) groups is 1. The average Bonchev–Trinajstić information content (AvgIpc) is 4.26. The van der Waals surface area contributed by atoms with Gasteiger partial charge in [0.15, 0.2) is 5.96 Å². The molecular formula is C57H87N13O10S2. The van der Waals surface area contributed by atoms with Gasteiger partial charge in [0.25, 0.3) is 0 Å². The molecule has 3 fully saturated rings. The van der Waals surface area contributed by atoms with Crippen LogP contribution in [0.3, 0.4) is 0 Å². The van der Waals surface area contributed by atoms with E-state index in [2.05, 4.69) is 42.2 Å². The molecule has 7 atom stereocenters. The fraction of sp³-hybridized carbons (Fsp3) is 0.614. The summed E-state index contributed by atoms with van der Waals surface area (Å²) in [6.07, 6.45) is 7.72. The summed E-state index contributed by atoms with van der Waals surface area (Å²) >= 11 is 0. The Bertz CT molecular complexity index is 2480. The zero-order valence-electron chi connectivity index (χ0n) is 47.6. The molecule has 5 rings (SSSR count). The zero-order valence-corrected chi connectivity index (χ0v) is 49.2. The van der Waals surface area contributed by atoms with Gasteiger partial charge in [-0.2, -0.15) is 0 Å². The van der Waals surface area contributed by atoms with Crippen LogP contribution in [-0.2, 0) is 56.0 Å². The summed E-state index contributed by atoms with van der Waals surface area (Å²) in [6.45, 7) is 6.05. The summed E-state index contributed by atoms with van der Waals surface area (Å²) in [4.78, 5) is 132. The Kier molecular flexibility index (Phi) is 27.0. The van der Waals surface area contributed by atoms with Crippen LogP contribution < -0.4 is 70.6 Å². The Labute approximate surface area is 489 Å². The van der Waals surface area contributed by atoms with Gasteiger partial charge in [-0.25, -0.2) is 0 Å². The smallest absolute Gasteiger partial charge is 0.244 e. The third kappa shape index (κ3) is 20.7. The predicted molar refractivity (Wildman–Crippen MR) is 317 cm³/mol. The lowest BCUT2D eigenvalue weighted by Crippen LogP contribution is -2.62. The van der Waals surface area contributed by atoms with Crippen molar-refractivity contribution in [1.82, 2.24) is 37.2 Å². The molecule has 0 aromatic heterocycles. The van der Waals surface area contributed by atoms with Gasteiger partial charge in [0.05, 0.1) is 13.0 Å². The van der Waals surface area contributed by atoms with E-state index in [9.17, 15) is 38.4 Å². The normalized spacial score (nSPS) is 22.5. The maximum absolute atomic E-state index is 15.1. The van der Waals surface area contributed by atoms with E-state index in [1.54, 1.807) is 50.2 Å². The molecule has 0 bridgehead atoms. The molecule has 3 aliphatic rings. The second-order valence-corrected chi connectivity index (χ2v) is 24.6. The van der Waals surface area contributed by atoms with Gasteiger partial charge in [-0.15, -0.1) is 0 Å². The number of hydrogen-bond acceptors (Lipinski definition) is 14. The number of nitrogens with two attached hydrogens (primary N) is 5. The van der Waals surface area contributed by atoms with E-state index < -0.39 is 113 Å². The SMILES string of the molecule is CCOc1ccc(C[C@H]2NC(=O)CC(C3CCCC3)(C3CCCC3)SSC[C@@H](C(=O)N[C@@H](CCCN=C(N)N)C(=O)N[C@@H](CCCCN)C(N)=O)NC(=O)[C@H](CC(N)=O)NC(=O)[C@H](C(C)C)NC(=O)[C@H](Cc3ccccc3)NC2=O)cc1. The number of nitrogens with one attached hydrogen (secondary N) is 7. The summed E-state index contributed by atoms with van der Waals surface area (Å²) < 4.78 is 4.95. The monoisotopic (exact) mass is 1180 g/mol. The van der Waals surface area contributed by atoms with Crippen LogP contribution in [0.5, 0.6) is 5.75 Å². The molecule has 452 valence electrons. The van der Waals surface area contributed by atoms with Crippen LogP contribution in [-0.4, -0.2) is 132 Å². The summed E-state index contributed by atoms with van der Waals surface area (Å²) in [5, 5.41) is 19.6. The van der Waals surface area contributed by atoms with Crippen molar-refractivity contribution in [1.29, 1.82) is 0 Å². The number of amides is 9. The molecule has 1 saturated heterocycles. The predicted octanol–water partition coefficient (Wildman–Crippen LogP) is 1.37. The first-order chi connectivity index (χ1) is 39.2. The number of unbranched alkanes of at least 4 members (excludes halogenated alkanes) is 1. The van der Waals surface area contributed by atoms with Crippen LogP contribution in [0, 0.1) is 17.8 Å². The Hall–Kier alpha value is -6.60. The Morgan fingerprint density at radius 1 is 0.695 bits per heavy atom. The topological polar surface area (TPSA) is 390 Å². The number of rotatable bonds is 24. The Morgan fingerprint density at radius 3 is 1.84 bits per heavy atom. The van der Waals surface area contributed by atoms with Gasteiger partial charge < -0.3 is 70.6 Å². The maximum Gasteiger partial charge on any atom is 0.244 e. The second-order valence-electron chi connectivity index (χ2n) is 21.9. The van der Waals surface area contributed by atoms with Crippen molar-refractivity contribution >= 4 is 80.7 Å². The number of primary amides is 2. The highest BCUT2D eigenvalue weighted by Gasteiger charge is 2.50. The first-order valence-corrected chi connectivity index (χ1v) is 31.1. The number of ether oxygens (including phenoxy) is 1. The molecule has 2 aliphatic carbocycles. The molecule has 0 radical (unpaired) electrons. The summed E-state index contributed by atoms with van der Waals surface area (Å²) in [7, 11) is 2.74. The van der Waals surface area contributed by atoms with E-state index in [1.807, 2.05) is 25.1 Å². The first kappa shape index (κ1) is 66.2. The summed E-state index contributed by atoms with van der Waals surface area (Å²) in [5.41, 5.74) is 29.7. The fourth-order valence-corrected chi connectivity index (χ4v) is 14.9. The van der Waals surface area contributed by atoms with E-state index in [-0.39, 0.29) is 68.6 Å². The van der Waals surface area contributed by atoms with Gasteiger partial charge in [-0.1, -0.05) is 104 Å². The molecular weight excluding hydrogens is 1090 g/mol. The molecule has 25 heteroatoms. The minimum absolute atomic E-state index is 0.00263. The molecule has 0 unspecified atom stereocenters. The largest absolute Gasteiger partial charge is 0.494 e. The van der Waals surface area contributed by atoms with Gasteiger partial charge in [-0.05, 0) is 112 Å². The quantitative estimate of drug-likeness (QED) is 0.0306. The van der Waals surface area contributed by atoms with Gasteiger partial charge in [-0.3, -0.25) is 48.1 Å². The molecule has 82 heavy (non-hydrogen) atoms. The van der Waals surface area contributed by atoms with Crippen molar-refractivity contribution in [3.05, 3.63) is 65.7 Å². The molecule has 2 saturated carbocycles. The third-order valence-corrected chi connectivity index (χ3v) is 18.7. The van der Waals surface area contributed by atoms with Gasteiger partial charge >= 0.3 is 0 Å². The van der Waals surface area contributed by atoms with Crippen LogP contribution in [0.2, 0.25) is 0 Å². The highest BCUT2D eigenvalue weighted by molar-refractivity contribution is 8.77. The minimum atomic E-state index is -1.67. The van der Waals surface area contributed by atoms with Crippen LogP contribution in [0.15, 0.2) is 59.6 Å². The van der Waals surface area contributed by atoms with Crippen LogP contribution in [0.25, 0.3) is 0 Å². The number of nitrogens with zero attached hydrogens (tertiary/aromatic N) is 1. The number of benzene rings is 2. The number of guanidine groups is 1. The van der Waals surface area contributed by atoms with Crippen LogP contribution in [0.1, 0.15) is 128 Å². The summed E-state index contributed by atoms with van der Waals surface area (Å²) in [5.74, 6) is -7.24. The minimum Gasteiger partial charge on any atom is -0.494 e. The lowest BCUT2D eigenvalue weighted by Gasteiger charge is -2.43. The van der Waals surface area contributed by atoms with Crippen molar-refractivity contribution < 1.29 is 47.9 Å². The van der Waals surface area contributed by atoms with Crippen LogP contribution >= 0.6 is 21.6 Å². The van der Waals surface area contributed by atoms with Crippen molar-refractivity contribution in [2.24, 2.45) is 51.4 Å². The zero-order chi connectivity index (χ0) is 59.8. The van der Waals surface area contributed by atoms with E-state index in [1.165, 1.54) is 21.6 Å². The van der Waals surface area contributed by atoms with E-state index in [0.29, 0.717) is 42.9 Å². The van der Waals surface area contributed by atoms with Crippen LogP contribution in [0.4, 0.5) is 0 Å². The van der Waals surface area contributed by atoms with Crippen molar-refractivity contribution in [2.75, 3.05) is 25.4 Å².